The van der Waals surface area contributed by atoms with Crippen molar-refractivity contribution in [2.75, 3.05) is 5.75 Å². The fraction of sp³-hybridized carbons (Fsp3) is 0.500. The fourth-order valence-electron chi connectivity index (χ4n) is 0.567. The minimum absolute atomic E-state index is 0. The molecule has 0 nitrogen and oxygen atoms in total. The van der Waals surface area contributed by atoms with Crippen LogP contribution >= 0.6 is 11.8 Å². The zero-order chi connectivity index (χ0) is 5.11. The summed E-state index contributed by atoms with van der Waals surface area (Å²) in [5.74, 6) is 3.45. The van der Waals surface area contributed by atoms with Gasteiger partial charge in [-0.25, -0.2) is 0 Å². The van der Waals surface area contributed by atoms with E-state index in [0.29, 0.717) is 0 Å². The molecule has 10 heavy (non-hydrogen) atoms. The van der Waals surface area contributed by atoms with Gasteiger partial charge in [0.05, 0.1) is 0 Å². The van der Waals surface area contributed by atoms with Gasteiger partial charge in [0, 0.05) is 98.1 Å². The summed E-state index contributed by atoms with van der Waals surface area (Å²) in [5, 5.41) is 0. The Morgan fingerprint density at radius 3 is 2.20 bits per heavy atom. The molecule has 1 aliphatic heterocycles. The molecule has 4 heteroatoms. The topological polar surface area (TPSA) is 0 Å². The maximum absolute atomic E-state index is 2.27. The van der Waals surface area contributed by atoms with E-state index in [9.17, 15) is 0 Å². The van der Waals surface area contributed by atoms with Crippen LogP contribution in [-0.4, -0.2) is 5.75 Å². The molecule has 0 atom stereocenters. The predicted molar refractivity (Wildman–Crippen MR) is 35.1 cm³/mol. The van der Waals surface area contributed by atoms with Crippen LogP contribution in [0.15, 0.2) is 11.6 Å². The minimum Gasteiger partial charge on any atom is -0.347 e. The van der Waals surface area contributed by atoms with Crippen molar-refractivity contribution in [1.82, 2.24) is 0 Å². The molecule has 0 aromatic carbocycles. The zero-order valence-electron chi connectivity index (χ0n) is 6.21. The van der Waals surface area contributed by atoms with Crippen molar-refractivity contribution in [2.24, 2.45) is 0 Å². The molecule has 1 heterocycles. The second-order valence-electron chi connectivity index (χ2n) is 1.76. The fourth-order valence-corrected chi connectivity index (χ4v) is 1.30. The monoisotopic (exact) mass is 380 g/mol. The van der Waals surface area contributed by atoms with Gasteiger partial charge in [0.1, 0.15) is 0 Å². The van der Waals surface area contributed by atoms with Gasteiger partial charge in [-0.05, 0) is 12.7 Å². The van der Waals surface area contributed by atoms with Crippen molar-refractivity contribution < 1.29 is 98.1 Å². The molecular weight excluding hydrogens is 371 g/mol. The molecule has 0 amide bonds. The molecule has 49 valence electrons. The number of rotatable bonds is 0. The molecule has 0 fully saturated rings. The van der Waals surface area contributed by atoms with Crippen molar-refractivity contribution >= 4 is 11.8 Å². The minimum atomic E-state index is 0. The average Bonchev–Trinajstić information content (AvgIpc) is 1.69. The van der Waals surface area contributed by atoms with Crippen LogP contribution in [0.2, 0.25) is 0 Å². The SMILES string of the molecule is CC1=CC[CH-]SC1.[Y].[Y].[Y]. The van der Waals surface area contributed by atoms with Gasteiger partial charge in [0.15, 0.2) is 0 Å². The number of hydrogen-bond donors (Lipinski definition) is 0. The van der Waals surface area contributed by atoms with Crippen LogP contribution in [0.1, 0.15) is 13.3 Å². The summed E-state index contributed by atoms with van der Waals surface area (Å²) in [6.45, 7) is 2.18. The van der Waals surface area contributed by atoms with Gasteiger partial charge in [-0.2, -0.15) is 6.42 Å². The zero-order valence-corrected chi connectivity index (χ0v) is 15.5. The van der Waals surface area contributed by atoms with Crippen LogP contribution in [0.5, 0.6) is 0 Å². The van der Waals surface area contributed by atoms with Crippen LogP contribution in [0.25, 0.3) is 0 Å². The molecule has 1 rings (SSSR count). The van der Waals surface area contributed by atoms with Crippen molar-refractivity contribution in [3.05, 3.63) is 17.4 Å². The van der Waals surface area contributed by atoms with E-state index in [4.69, 9.17) is 0 Å². The van der Waals surface area contributed by atoms with Crippen LogP contribution in [0.4, 0.5) is 0 Å². The third-order valence-corrected chi connectivity index (χ3v) is 2.04. The molecule has 0 aromatic rings. The third kappa shape index (κ3) is 9.49. The molecule has 0 spiro atoms. The third-order valence-electron chi connectivity index (χ3n) is 0.991. The van der Waals surface area contributed by atoms with E-state index in [1.165, 1.54) is 11.3 Å². The van der Waals surface area contributed by atoms with E-state index >= 15 is 0 Å². The second-order valence-corrected chi connectivity index (χ2v) is 2.72. The first kappa shape index (κ1) is 19.1. The number of allylic oxidation sites excluding steroid dienone is 1. The first-order valence-corrected chi connectivity index (χ1v) is 3.53. The Morgan fingerprint density at radius 1 is 1.40 bits per heavy atom. The maximum atomic E-state index is 2.27. The normalized spacial score (nSPS) is 15.1. The summed E-state index contributed by atoms with van der Waals surface area (Å²) >= 11 is 1.91. The molecule has 0 bridgehead atoms. The van der Waals surface area contributed by atoms with Crippen LogP contribution in [-0.2, 0) is 98.1 Å². The first-order chi connectivity index (χ1) is 3.39. The summed E-state index contributed by atoms with van der Waals surface area (Å²) in [7, 11) is 0. The molecule has 0 aromatic heterocycles. The van der Waals surface area contributed by atoms with E-state index in [0.717, 1.165) is 6.42 Å². The van der Waals surface area contributed by atoms with Gasteiger partial charge in [0.25, 0.3) is 0 Å². The van der Waals surface area contributed by atoms with Crippen molar-refractivity contribution in [1.29, 1.82) is 0 Å². The van der Waals surface area contributed by atoms with Crippen molar-refractivity contribution in [3.8, 4) is 0 Å². The van der Waals surface area contributed by atoms with Gasteiger partial charge in [-0.15, -0.1) is 6.08 Å². The number of thioether (sulfide) groups is 1. The average molecular weight is 380 g/mol. The molecule has 1 aliphatic rings. The quantitative estimate of drug-likeness (QED) is 0.459. The Balaban J connectivity index is -0.000000163. The van der Waals surface area contributed by atoms with E-state index < -0.39 is 0 Å². The van der Waals surface area contributed by atoms with Gasteiger partial charge in [-0.1, -0.05) is 5.57 Å². The van der Waals surface area contributed by atoms with Gasteiger partial charge in [-0.3, -0.25) is 5.75 Å². The maximum Gasteiger partial charge on any atom is 0 e. The molecule has 0 unspecified atom stereocenters. The summed E-state index contributed by atoms with van der Waals surface area (Å²) in [4.78, 5) is 0. The Labute approximate surface area is 143 Å². The summed E-state index contributed by atoms with van der Waals surface area (Å²) < 4.78 is 0. The Morgan fingerprint density at radius 2 is 2.00 bits per heavy atom. The Bertz CT molecular complexity index is 93.0. The summed E-state index contributed by atoms with van der Waals surface area (Å²) in [5.41, 5.74) is 1.52. The molecule has 0 saturated carbocycles. The van der Waals surface area contributed by atoms with Gasteiger partial charge in [0.2, 0.25) is 0 Å². The van der Waals surface area contributed by atoms with Crippen molar-refractivity contribution in [3.63, 3.8) is 0 Å². The van der Waals surface area contributed by atoms with Gasteiger partial charge >= 0.3 is 0 Å². The molecule has 0 aliphatic carbocycles. The number of hydrogen-bond acceptors (Lipinski definition) is 1. The summed E-state index contributed by atoms with van der Waals surface area (Å²) in [6.07, 6.45) is 3.44. The van der Waals surface area contributed by atoms with E-state index in [2.05, 4.69) is 18.8 Å². The van der Waals surface area contributed by atoms with Crippen molar-refractivity contribution in [2.45, 2.75) is 13.3 Å². The van der Waals surface area contributed by atoms with Crippen LogP contribution < -0.4 is 0 Å². The molecule has 3 radical (unpaired) electrons. The van der Waals surface area contributed by atoms with Crippen LogP contribution in [0, 0.1) is 5.75 Å². The summed E-state index contributed by atoms with van der Waals surface area (Å²) in [6, 6.07) is 0. The standard InChI is InChI=1S/C6H9S.3Y/c1-6-3-2-4-7-5-6;;;/h3-4H,2,5H2,1H3;;;/q-1;;;. The van der Waals surface area contributed by atoms with E-state index in [1.807, 2.05) is 11.8 Å². The largest absolute Gasteiger partial charge is 0.347 e. The smallest absolute Gasteiger partial charge is 0 e. The molecular formula is C6H9SY3-. The molecule has 0 N–H and O–H groups in total. The first-order valence-electron chi connectivity index (χ1n) is 2.48. The van der Waals surface area contributed by atoms with E-state index in [1.54, 1.807) is 0 Å². The van der Waals surface area contributed by atoms with Crippen LogP contribution in [0.3, 0.4) is 0 Å². The van der Waals surface area contributed by atoms with E-state index in [-0.39, 0.29) is 98.1 Å². The molecule has 0 saturated heterocycles. The Hall–Kier alpha value is 3.40. The Kier molecular flexibility index (Phi) is 23.6. The predicted octanol–water partition coefficient (Wildman–Crippen LogP) is 2.22. The second kappa shape index (κ2) is 12.4. The van der Waals surface area contributed by atoms with Gasteiger partial charge < -0.3 is 11.8 Å².